The van der Waals surface area contributed by atoms with Crippen molar-refractivity contribution in [3.8, 4) is 5.75 Å². The molecule has 0 bridgehead atoms. The first-order chi connectivity index (χ1) is 9.65. The van der Waals surface area contributed by atoms with E-state index in [1.165, 1.54) is 12.3 Å². The minimum absolute atomic E-state index is 0.174. The van der Waals surface area contributed by atoms with E-state index in [2.05, 4.69) is 10.3 Å². The zero-order valence-electron chi connectivity index (χ0n) is 10.7. The van der Waals surface area contributed by atoms with Gasteiger partial charge in [-0.05, 0) is 28.1 Å². The number of nitro groups is 1. The normalized spacial score (nSPS) is 10.0. The minimum atomic E-state index is -0.535. The number of hydrogen-bond donors (Lipinski definition) is 2. The van der Waals surface area contributed by atoms with Crippen molar-refractivity contribution in [3.63, 3.8) is 0 Å². The molecule has 0 saturated heterocycles. The Morgan fingerprint density at radius 3 is 2.85 bits per heavy atom. The average molecular weight is 274 g/mol. The van der Waals surface area contributed by atoms with Gasteiger partial charge in [-0.3, -0.25) is 0 Å². The van der Waals surface area contributed by atoms with Gasteiger partial charge in [0.25, 0.3) is 0 Å². The molecule has 104 valence electrons. The molecular formula is C13H14N4O3. The predicted molar refractivity (Wildman–Crippen MR) is 75.7 cm³/mol. The van der Waals surface area contributed by atoms with E-state index < -0.39 is 4.92 Å². The predicted octanol–water partition coefficient (Wildman–Crippen LogP) is 2.06. The maximum atomic E-state index is 10.4. The number of ether oxygens (including phenoxy) is 1. The largest absolute Gasteiger partial charge is 0.492 e. The van der Waals surface area contributed by atoms with E-state index >= 15 is 0 Å². The molecule has 20 heavy (non-hydrogen) atoms. The van der Waals surface area contributed by atoms with Gasteiger partial charge in [-0.15, -0.1) is 0 Å². The Balaban J connectivity index is 1.77. The lowest BCUT2D eigenvalue weighted by Gasteiger charge is -2.08. The number of benzene rings is 1. The summed E-state index contributed by atoms with van der Waals surface area (Å²) in [6.45, 7) is 0.995. The highest BCUT2D eigenvalue weighted by atomic mass is 16.6. The Morgan fingerprint density at radius 1 is 1.35 bits per heavy atom. The number of pyridine rings is 1. The van der Waals surface area contributed by atoms with Gasteiger partial charge in [0.15, 0.2) is 6.20 Å². The Kier molecular flexibility index (Phi) is 4.33. The first kappa shape index (κ1) is 13.6. The number of hydrogen-bond acceptors (Lipinski definition) is 6. The summed E-state index contributed by atoms with van der Waals surface area (Å²) in [5.74, 6) is 0.528. The summed E-state index contributed by atoms with van der Waals surface area (Å²) < 4.78 is 5.50. The second-order valence-electron chi connectivity index (χ2n) is 4.01. The van der Waals surface area contributed by atoms with Crippen LogP contribution in [-0.2, 0) is 0 Å². The molecule has 7 nitrogen and oxygen atoms in total. The topological polar surface area (TPSA) is 103 Å². The van der Waals surface area contributed by atoms with E-state index in [4.69, 9.17) is 10.5 Å². The number of nitrogens with zero attached hydrogens (tertiary/aromatic N) is 2. The maximum absolute atomic E-state index is 10.4. The van der Waals surface area contributed by atoms with Crippen LogP contribution in [0.1, 0.15) is 0 Å². The summed E-state index contributed by atoms with van der Waals surface area (Å²) in [4.78, 5) is 13.6. The molecule has 1 aromatic heterocycles. The third-order valence-corrected chi connectivity index (χ3v) is 2.49. The van der Waals surface area contributed by atoms with Crippen LogP contribution in [0.3, 0.4) is 0 Å². The van der Waals surface area contributed by atoms with Crippen molar-refractivity contribution in [2.75, 3.05) is 24.2 Å². The summed E-state index contributed by atoms with van der Waals surface area (Å²) in [6.07, 6.45) is 1.42. The van der Waals surface area contributed by atoms with Crippen LogP contribution in [0.25, 0.3) is 0 Å². The number of nitrogens with two attached hydrogens (primary N) is 1. The fourth-order valence-electron chi connectivity index (χ4n) is 1.57. The standard InChI is InChI=1S/C13H14N4O3/c14-10-2-1-3-12(8-10)20-7-6-15-11-4-5-13(16-9-11)17(18)19/h1-5,8-9,15H,6-7,14H2. The zero-order valence-corrected chi connectivity index (χ0v) is 10.7. The van der Waals surface area contributed by atoms with Gasteiger partial charge in [0.1, 0.15) is 12.4 Å². The van der Waals surface area contributed by atoms with Gasteiger partial charge in [-0.2, -0.15) is 0 Å². The van der Waals surface area contributed by atoms with Gasteiger partial charge in [0.05, 0.1) is 5.69 Å². The summed E-state index contributed by atoms with van der Waals surface area (Å²) in [6, 6.07) is 10.1. The Bertz CT molecular complexity index is 586. The highest BCUT2D eigenvalue weighted by Gasteiger charge is 2.05. The van der Waals surface area contributed by atoms with E-state index in [0.29, 0.717) is 30.3 Å². The molecule has 0 fully saturated rings. The molecule has 0 radical (unpaired) electrons. The second-order valence-corrected chi connectivity index (χ2v) is 4.01. The molecule has 2 rings (SSSR count). The van der Waals surface area contributed by atoms with Gasteiger partial charge in [0.2, 0.25) is 0 Å². The van der Waals surface area contributed by atoms with Crippen molar-refractivity contribution >= 4 is 17.2 Å². The second kappa shape index (κ2) is 6.37. The van der Waals surface area contributed by atoms with Crippen molar-refractivity contribution in [1.82, 2.24) is 4.98 Å². The molecule has 1 aromatic carbocycles. The fourth-order valence-corrected chi connectivity index (χ4v) is 1.57. The number of aromatic nitrogens is 1. The van der Waals surface area contributed by atoms with E-state index in [9.17, 15) is 10.1 Å². The van der Waals surface area contributed by atoms with Crippen LogP contribution >= 0.6 is 0 Å². The van der Waals surface area contributed by atoms with Crippen LogP contribution in [0, 0.1) is 10.1 Å². The minimum Gasteiger partial charge on any atom is -0.492 e. The highest BCUT2D eigenvalue weighted by molar-refractivity contribution is 5.44. The molecule has 0 aliphatic rings. The third kappa shape index (κ3) is 3.84. The SMILES string of the molecule is Nc1cccc(OCCNc2ccc([N+](=O)[O-])nc2)c1. The Hall–Kier alpha value is -2.83. The quantitative estimate of drug-likeness (QED) is 0.361. The zero-order chi connectivity index (χ0) is 14.4. The summed E-state index contributed by atoms with van der Waals surface area (Å²) in [5.41, 5.74) is 6.98. The number of rotatable bonds is 6. The van der Waals surface area contributed by atoms with Crippen LogP contribution in [0.2, 0.25) is 0 Å². The van der Waals surface area contributed by atoms with E-state index in [1.54, 1.807) is 18.2 Å². The van der Waals surface area contributed by atoms with Crippen LogP contribution in [-0.4, -0.2) is 23.1 Å². The smallest absolute Gasteiger partial charge is 0.363 e. The number of nitrogens with one attached hydrogen (secondary N) is 1. The van der Waals surface area contributed by atoms with Crippen LogP contribution in [0.5, 0.6) is 5.75 Å². The van der Waals surface area contributed by atoms with E-state index in [0.717, 1.165) is 0 Å². The van der Waals surface area contributed by atoms with Crippen LogP contribution < -0.4 is 15.8 Å². The summed E-state index contributed by atoms with van der Waals surface area (Å²) >= 11 is 0. The maximum Gasteiger partial charge on any atom is 0.363 e. The molecule has 0 aliphatic heterocycles. The molecule has 0 saturated carbocycles. The molecule has 3 N–H and O–H groups in total. The van der Waals surface area contributed by atoms with Crippen molar-refractivity contribution in [1.29, 1.82) is 0 Å². The van der Waals surface area contributed by atoms with Crippen molar-refractivity contribution in [2.24, 2.45) is 0 Å². The first-order valence-corrected chi connectivity index (χ1v) is 5.98. The lowest BCUT2D eigenvalue weighted by atomic mass is 10.3. The van der Waals surface area contributed by atoms with Gasteiger partial charge in [-0.1, -0.05) is 6.07 Å². The highest BCUT2D eigenvalue weighted by Crippen LogP contribution is 2.14. The van der Waals surface area contributed by atoms with E-state index in [1.807, 2.05) is 12.1 Å². The molecule has 7 heteroatoms. The monoisotopic (exact) mass is 274 g/mol. The summed E-state index contributed by atoms with van der Waals surface area (Å²) in [7, 11) is 0. The lowest BCUT2D eigenvalue weighted by molar-refractivity contribution is -0.389. The molecule has 1 heterocycles. The molecule has 0 spiro atoms. The first-order valence-electron chi connectivity index (χ1n) is 5.98. The van der Waals surface area contributed by atoms with Gasteiger partial charge in [0, 0.05) is 24.4 Å². The van der Waals surface area contributed by atoms with Crippen molar-refractivity contribution in [2.45, 2.75) is 0 Å². The molecular weight excluding hydrogens is 260 g/mol. The lowest BCUT2D eigenvalue weighted by Crippen LogP contribution is -2.11. The Labute approximate surface area is 115 Å². The molecule has 0 atom stereocenters. The number of anilines is 2. The fraction of sp³-hybridized carbons (Fsp3) is 0.154. The summed E-state index contributed by atoms with van der Waals surface area (Å²) in [5, 5.41) is 13.5. The van der Waals surface area contributed by atoms with Crippen molar-refractivity contribution in [3.05, 3.63) is 52.7 Å². The molecule has 2 aromatic rings. The van der Waals surface area contributed by atoms with Crippen molar-refractivity contribution < 1.29 is 9.66 Å². The molecule has 0 aliphatic carbocycles. The van der Waals surface area contributed by atoms with E-state index in [-0.39, 0.29) is 5.82 Å². The average Bonchev–Trinajstić information content (AvgIpc) is 2.44. The van der Waals surface area contributed by atoms with Gasteiger partial charge in [-0.25, -0.2) is 0 Å². The van der Waals surface area contributed by atoms with Gasteiger partial charge < -0.3 is 25.9 Å². The van der Waals surface area contributed by atoms with Crippen LogP contribution in [0.15, 0.2) is 42.6 Å². The van der Waals surface area contributed by atoms with Crippen LogP contribution in [0.4, 0.5) is 17.2 Å². The third-order valence-electron chi connectivity index (χ3n) is 2.49. The van der Waals surface area contributed by atoms with Gasteiger partial charge >= 0.3 is 5.82 Å². The number of nitrogen functional groups attached to an aromatic ring is 1. The molecule has 0 amide bonds. The molecule has 0 unspecified atom stereocenters. The Morgan fingerprint density at radius 2 is 2.20 bits per heavy atom.